The Bertz CT molecular complexity index is 428. The van der Waals surface area contributed by atoms with Gasteiger partial charge in [-0.25, -0.2) is 0 Å². The van der Waals surface area contributed by atoms with Crippen LogP contribution in [0, 0.1) is 0 Å². The summed E-state index contributed by atoms with van der Waals surface area (Å²) in [7, 11) is 0. The van der Waals surface area contributed by atoms with Gasteiger partial charge in [0.1, 0.15) is 0 Å². The van der Waals surface area contributed by atoms with Crippen LogP contribution in [0.1, 0.15) is 0 Å². The first-order chi connectivity index (χ1) is 5.77. The molecule has 0 aliphatic heterocycles. The molecule has 4 heteroatoms. The predicted octanol–water partition coefficient (Wildman–Crippen LogP) is 3.15. The Morgan fingerprint density at radius 2 is 2.00 bits per heavy atom. The highest BCUT2D eigenvalue weighted by Crippen LogP contribution is 2.23. The molecule has 2 aromatic rings. The number of aromatic nitrogens is 2. The SMILES string of the molecule is Brc1ccc2c(Br)cnnc2c1. The summed E-state index contributed by atoms with van der Waals surface area (Å²) in [4.78, 5) is 0. The van der Waals surface area contributed by atoms with Crippen molar-refractivity contribution in [3.05, 3.63) is 33.3 Å². The van der Waals surface area contributed by atoms with E-state index in [0.717, 1.165) is 19.8 Å². The van der Waals surface area contributed by atoms with Crippen LogP contribution in [-0.4, -0.2) is 10.2 Å². The second-order valence-corrected chi connectivity index (χ2v) is 4.12. The molecule has 12 heavy (non-hydrogen) atoms. The minimum Gasteiger partial charge on any atom is -0.157 e. The molecule has 0 spiro atoms. The average Bonchev–Trinajstić information content (AvgIpc) is 2.04. The number of hydrogen-bond donors (Lipinski definition) is 0. The number of halogens is 2. The second-order valence-electron chi connectivity index (χ2n) is 2.35. The minimum atomic E-state index is 0.888. The number of fused-ring (bicyclic) bond motifs is 1. The summed E-state index contributed by atoms with van der Waals surface area (Å²) in [6, 6.07) is 5.92. The van der Waals surface area contributed by atoms with E-state index in [1.165, 1.54) is 0 Å². The Balaban J connectivity index is 2.86. The molecule has 0 aliphatic rings. The van der Waals surface area contributed by atoms with Crippen LogP contribution in [-0.2, 0) is 0 Å². The molecular weight excluding hydrogens is 284 g/mol. The zero-order valence-electron chi connectivity index (χ0n) is 5.96. The monoisotopic (exact) mass is 286 g/mol. The van der Waals surface area contributed by atoms with Crippen molar-refractivity contribution in [2.75, 3.05) is 0 Å². The van der Waals surface area contributed by atoms with Crippen molar-refractivity contribution in [3.63, 3.8) is 0 Å². The van der Waals surface area contributed by atoms with E-state index in [4.69, 9.17) is 0 Å². The molecule has 0 saturated heterocycles. The van der Waals surface area contributed by atoms with Gasteiger partial charge < -0.3 is 0 Å². The van der Waals surface area contributed by atoms with Crippen molar-refractivity contribution in [3.8, 4) is 0 Å². The second kappa shape index (κ2) is 3.11. The number of benzene rings is 1. The van der Waals surface area contributed by atoms with Crippen molar-refractivity contribution < 1.29 is 0 Å². The van der Waals surface area contributed by atoms with Gasteiger partial charge in [-0.15, -0.1) is 0 Å². The Morgan fingerprint density at radius 1 is 1.17 bits per heavy atom. The molecule has 2 rings (SSSR count). The van der Waals surface area contributed by atoms with Crippen LogP contribution in [0.2, 0.25) is 0 Å². The molecule has 0 saturated carbocycles. The minimum absolute atomic E-state index is 0.888. The Morgan fingerprint density at radius 3 is 2.83 bits per heavy atom. The maximum absolute atomic E-state index is 3.99. The molecular formula is C8H4Br2N2. The topological polar surface area (TPSA) is 25.8 Å². The fraction of sp³-hybridized carbons (Fsp3) is 0. The van der Waals surface area contributed by atoms with Crippen molar-refractivity contribution in [2.24, 2.45) is 0 Å². The summed E-state index contributed by atoms with van der Waals surface area (Å²) in [6.07, 6.45) is 1.69. The van der Waals surface area contributed by atoms with Gasteiger partial charge in [-0.05, 0) is 28.1 Å². The summed E-state index contributed by atoms with van der Waals surface area (Å²) in [5, 5.41) is 8.91. The third-order valence-corrected chi connectivity index (χ3v) is 2.68. The third-order valence-electron chi connectivity index (χ3n) is 1.55. The van der Waals surface area contributed by atoms with Gasteiger partial charge in [-0.3, -0.25) is 0 Å². The highest BCUT2D eigenvalue weighted by Gasteiger charge is 1.99. The lowest BCUT2D eigenvalue weighted by molar-refractivity contribution is 1.07. The molecule has 0 amide bonds. The lowest BCUT2D eigenvalue weighted by Crippen LogP contribution is -1.83. The molecule has 1 heterocycles. The summed E-state index contributed by atoms with van der Waals surface area (Å²) in [5.74, 6) is 0. The summed E-state index contributed by atoms with van der Waals surface area (Å²) in [5.41, 5.74) is 0.888. The smallest absolute Gasteiger partial charge is 0.0952 e. The Kier molecular flexibility index (Phi) is 2.11. The van der Waals surface area contributed by atoms with E-state index in [-0.39, 0.29) is 0 Å². The molecule has 60 valence electrons. The molecule has 0 unspecified atom stereocenters. The quantitative estimate of drug-likeness (QED) is 0.744. The first-order valence-corrected chi connectivity index (χ1v) is 4.92. The van der Waals surface area contributed by atoms with Gasteiger partial charge in [0.2, 0.25) is 0 Å². The maximum Gasteiger partial charge on any atom is 0.0952 e. The van der Waals surface area contributed by atoms with E-state index in [2.05, 4.69) is 42.1 Å². The van der Waals surface area contributed by atoms with Crippen LogP contribution in [0.15, 0.2) is 33.3 Å². The van der Waals surface area contributed by atoms with Crippen molar-refractivity contribution in [1.82, 2.24) is 10.2 Å². The number of hydrogen-bond acceptors (Lipinski definition) is 2. The highest BCUT2D eigenvalue weighted by molar-refractivity contribution is 9.11. The van der Waals surface area contributed by atoms with Gasteiger partial charge in [-0.2, -0.15) is 10.2 Å². The van der Waals surface area contributed by atoms with Gasteiger partial charge in [0, 0.05) is 14.3 Å². The van der Waals surface area contributed by atoms with E-state index in [9.17, 15) is 0 Å². The summed E-state index contributed by atoms with van der Waals surface area (Å²) in [6.45, 7) is 0. The predicted molar refractivity (Wildman–Crippen MR) is 54.9 cm³/mol. The fourth-order valence-corrected chi connectivity index (χ4v) is 1.78. The Hall–Kier alpha value is -0.480. The van der Waals surface area contributed by atoms with E-state index >= 15 is 0 Å². The normalized spacial score (nSPS) is 10.5. The van der Waals surface area contributed by atoms with Crippen LogP contribution < -0.4 is 0 Å². The van der Waals surface area contributed by atoms with Crippen molar-refractivity contribution >= 4 is 42.8 Å². The molecule has 2 nitrogen and oxygen atoms in total. The van der Waals surface area contributed by atoms with Gasteiger partial charge in [0.25, 0.3) is 0 Å². The van der Waals surface area contributed by atoms with Crippen LogP contribution >= 0.6 is 31.9 Å². The fourth-order valence-electron chi connectivity index (χ4n) is 1.00. The number of rotatable bonds is 0. The van der Waals surface area contributed by atoms with E-state index < -0.39 is 0 Å². The average molecular weight is 288 g/mol. The largest absolute Gasteiger partial charge is 0.157 e. The molecule has 0 atom stereocenters. The zero-order chi connectivity index (χ0) is 8.55. The standard InChI is InChI=1S/C8H4Br2N2/c9-5-1-2-6-7(10)4-11-12-8(6)3-5/h1-4H. The molecule has 0 N–H and O–H groups in total. The number of nitrogens with zero attached hydrogens (tertiary/aromatic N) is 2. The van der Waals surface area contributed by atoms with Gasteiger partial charge in [0.05, 0.1) is 11.7 Å². The Labute approximate surface area is 86.3 Å². The van der Waals surface area contributed by atoms with Crippen molar-refractivity contribution in [1.29, 1.82) is 0 Å². The molecule has 0 radical (unpaired) electrons. The molecule has 0 bridgehead atoms. The molecule has 1 aromatic carbocycles. The third kappa shape index (κ3) is 1.36. The first kappa shape index (κ1) is 8.13. The van der Waals surface area contributed by atoms with E-state index in [1.807, 2.05) is 18.2 Å². The molecule has 1 aromatic heterocycles. The van der Waals surface area contributed by atoms with Gasteiger partial charge in [0.15, 0.2) is 0 Å². The van der Waals surface area contributed by atoms with Crippen LogP contribution in [0.25, 0.3) is 10.9 Å². The lowest BCUT2D eigenvalue weighted by atomic mass is 10.2. The van der Waals surface area contributed by atoms with Crippen LogP contribution in [0.4, 0.5) is 0 Å². The zero-order valence-corrected chi connectivity index (χ0v) is 9.13. The van der Waals surface area contributed by atoms with E-state index in [1.54, 1.807) is 6.20 Å². The lowest BCUT2D eigenvalue weighted by Gasteiger charge is -1.97. The summed E-state index contributed by atoms with van der Waals surface area (Å²) >= 11 is 6.78. The summed E-state index contributed by atoms with van der Waals surface area (Å²) < 4.78 is 1.99. The maximum atomic E-state index is 3.99. The van der Waals surface area contributed by atoms with Gasteiger partial charge >= 0.3 is 0 Å². The highest BCUT2D eigenvalue weighted by atomic mass is 79.9. The first-order valence-electron chi connectivity index (χ1n) is 3.34. The van der Waals surface area contributed by atoms with Crippen LogP contribution in [0.3, 0.4) is 0 Å². The van der Waals surface area contributed by atoms with Crippen LogP contribution in [0.5, 0.6) is 0 Å². The van der Waals surface area contributed by atoms with E-state index in [0.29, 0.717) is 0 Å². The molecule has 0 fully saturated rings. The van der Waals surface area contributed by atoms with Gasteiger partial charge in [-0.1, -0.05) is 22.0 Å². The van der Waals surface area contributed by atoms with Crippen molar-refractivity contribution in [2.45, 2.75) is 0 Å². The molecule has 0 aliphatic carbocycles.